The molecule has 0 aliphatic heterocycles. The highest BCUT2D eigenvalue weighted by Crippen LogP contribution is 2.25. The Morgan fingerprint density at radius 2 is 2.40 bits per heavy atom. The van der Waals surface area contributed by atoms with Crippen molar-refractivity contribution in [3.63, 3.8) is 0 Å². The number of aliphatic hydroxyl groups is 1. The topological polar surface area (TPSA) is 20.2 Å². The summed E-state index contributed by atoms with van der Waals surface area (Å²) in [6.07, 6.45) is 6.05. The van der Waals surface area contributed by atoms with E-state index in [9.17, 15) is 5.11 Å². The first-order chi connectivity index (χ1) is 4.75. The van der Waals surface area contributed by atoms with E-state index in [2.05, 4.69) is 6.92 Å². The average Bonchev–Trinajstić information content (AvgIpc) is 1.95. The highest BCUT2D eigenvalue weighted by atomic mass is 16.3. The van der Waals surface area contributed by atoms with Crippen LogP contribution in [-0.4, -0.2) is 5.11 Å². The molecule has 1 aliphatic rings. The van der Waals surface area contributed by atoms with E-state index in [4.69, 9.17) is 0 Å². The molecule has 56 valence electrons. The van der Waals surface area contributed by atoms with Crippen LogP contribution in [0, 0.1) is 5.92 Å². The molecule has 0 amide bonds. The van der Waals surface area contributed by atoms with Gasteiger partial charge in [-0.1, -0.05) is 13.0 Å². The molecule has 0 spiro atoms. The second-order valence-electron chi connectivity index (χ2n) is 2.81. The smallest absolute Gasteiger partial charge is 0.114 e. The highest BCUT2D eigenvalue weighted by Gasteiger charge is 2.13. The predicted molar refractivity (Wildman–Crippen MR) is 42.9 cm³/mol. The molecular formula is C9H14O. The molecule has 1 nitrogen and oxygen atoms in total. The van der Waals surface area contributed by atoms with Crippen LogP contribution in [0.4, 0.5) is 0 Å². The molecule has 1 aliphatic carbocycles. The van der Waals surface area contributed by atoms with Crippen molar-refractivity contribution in [3.8, 4) is 0 Å². The maximum atomic E-state index is 9.27. The standard InChI is InChI=1S/C9H14O/c1-3-8-5-4-6-9(10)7(8)2/h4,6,8,10H,3,5H2,1-2H3/t8-/m1/s1. The molecule has 0 aromatic heterocycles. The first-order valence-electron chi connectivity index (χ1n) is 3.82. The molecule has 0 heterocycles. The van der Waals surface area contributed by atoms with E-state index in [-0.39, 0.29) is 0 Å². The van der Waals surface area contributed by atoms with Crippen molar-refractivity contribution >= 4 is 0 Å². The van der Waals surface area contributed by atoms with Crippen molar-refractivity contribution in [2.45, 2.75) is 26.7 Å². The minimum absolute atomic E-state index is 0.470. The third-order valence-corrected chi connectivity index (χ3v) is 2.21. The van der Waals surface area contributed by atoms with Gasteiger partial charge < -0.3 is 5.11 Å². The Labute approximate surface area is 62.1 Å². The average molecular weight is 138 g/mol. The summed E-state index contributed by atoms with van der Waals surface area (Å²) >= 11 is 0. The van der Waals surface area contributed by atoms with Crippen molar-refractivity contribution in [2.75, 3.05) is 0 Å². The molecule has 0 aromatic carbocycles. The lowest BCUT2D eigenvalue weighted by molar-refractivity contribution is 0.403. The van der Waals surface area contributed by atoms with Gasteiger partial charge in [0.1, 0.15) is 5.76 Å². The van der Waals surface area contributed by atoms with Gasteiger partial charge in [-0.25, -0.2) is 0 Å². The van der Waals surface area contributed by atoms with Gasteiger partial charge in [-0.3, -0.25) is 0 Å². The van der Waals surface area contributed by atoms with Crippen LogP contribution in [0.25, 0.3) is 0 Å². The lowest BCUT2D eigenvalue weighted by atomic mass is 9.90. The predicted octanol–water partition coefficient (Wildman–Crippen LogP) is 2.80. The van der Waals surface area contributed by atoms with E-state index in [1.54, 1.807) is 6.08 Å². The first-order valence-corrected chi connectivity index (χ1v) is 3.82. The normalized spacial score (nSPS) is 25.6. The SMILES string of the molecule is CC[C@@H]1CC=CC(O)=C1C. The van der Waals surface area contributed by atoms with E-state index < -0.39 is 0 Å². The zero-order chi connectivity index (χ0) is 7.56. The van der Waals surface area contributed by atoms with Crippen LogP contribution in [0.15, 0.2) is 23.5 Å². The maximum Gasteiger partial charge on any atom is 0.114 e. The zero-order valence-electron chi connectivity index (χ0n) is 6.59. The summed E-state index contributed by atoms with van der Waals surface area (Å²) in [7, 11) is 0. The fourth-order valence-electron chi connectivity index (χ4n) is 1.33. The van der Waals surface area contributed by atoms with Crippen LogP contribution in [0.2, 0.25) is 0 Å². The summed E-state index contributed by atoms with van der Waals surface area (Å²) in [5.41, 5.74) is 1.14. The van der Waals surface area contributed by atoms with Gasteiger partial charge in [-0.15, -0.1) is 0 Å². The quantitative estimate of drug-likeness (QED) is 0.590. The number of hydrogen-bond donors (Lipinski definition) is 1. The molecular weight excluding hydrogens is 124 g/mol. The van der Waals surface area contributed by atoms with Gasteiger partial charge >= 0.3 is 0 Å². The molecule has 0 aromatic rings. The van der Waals surface area contributed by atoms with Crippen molar-refractivity contribution in [1.82, 2.24) is 0 Å². The van der Waals surface area contributed by atoms with E-state index in [1.165, 1.54) is 0 Å². The van der Waals surface area contributed by atoms with Crippen LogP contribution in [-0.2, 0) is 0 Å². The Hall–Kier alpha value is -0.720. The Kier molecular flexibility index (Phi) is 2.15. The summed E-state index contributed by atoms with van der Waals surface area (Å²) in [4.78, 5) is 0. The van der Waals surface area contributed by atoms with E-state index in [1.807, 2.05) is 13.0 Å². The number of hydrogen-bond acceptors (Lipinski definition) is 1. The lowest BCUT2D eigenvalue weighted by Crippen LogP contribution is -2.05. The minimum Gasteiger partial charge on any atom is -0.508 e. The molecule has 0 radical (unpaired) electrons. The summed E-state index contributed by atoms with van der Waals surface area (Å²) in [6, 6.07) is 0. The van der Waals surface area contributed by atoms with Gasteiger partial charge in [0.25, 0.3) is 0 Å². The van der Waals surface area contributed by atoms with Crippen molar-refractivity contribution in [2.24, 2.45) is 5.92 Å². The Balaban J connectivity index is 2.77. The monoisotopic (exact) mass is 138 g/mol. The Morgan fingerprint density at radius 3 is 2.90 bits per heavy atom. The number of aliphatic hydroxyl groups excluding tert-OH is 1. The molecule has 0 saturated carbocycles. The van der Waals surface area contributed by atoms with Gasteiger partial charge in [0.05, 0.1) is 0 Å². The number of rotatable bonds is 1. The third-order valence-electron chi connectivity index (χ3n) is 2.21. The van der Waals surface area contributed by atoms with Crippen molar-refractivity contribution in [1.29, 1.82) is 0 Å². The fourth-order valence-corrected chi connectivity index (χ4v) is 1.33. The van der Waals surface area contributed by atoms with E-state index in [0.717, 1.165) is 18.4 Å². The largest absolute Gasteiger partial charge is 0.508 e. The second kappa shape index (κ2) is 2.91. The molecule has 10 heavy (non-hydrogen) atoms. The van der Waals surface area contributed by atoms with Gasteiger partial charge in [0.15, 0.2) is 0 Å². The molecule has 1 N–H and O–H groups in total. The van der Waals surface area contributed by atoms with Gasteiger partial charge in [0.2, 0.25) is 0 Å². The molecule has 1 atom stereocenters. The van der Waals surface area contributed by atoms with Crippen molar-refractivity contribution < 1.29 is 5.11 Å². The van der Waals surface area contributed by atoms with Crippen molar-refractivity contribution in [3.05, 3.63) is 23.5 Å². The first kappa shape index (κ1) is 7.39. The molecule has 0 bridgehead atoms. The summed E-state index contributed by atoms with van der Waals surface area (Å²) in [5, 5.41) is 9.27. The van der Waals surface area contributed by atoms with Gasteiger partial charge in [-0.05, 0) is 37.3 Å². The van der Waals surface area contributed by atoms with Crippen LogP contribution >= 0.6 is 0 Å². The fraction of sp³-hybridized carbons (Fsp3) is 0.556. The summed E-state index contributed by atoms with van der Waals surface area (Å²) in [6.45, 7) is 4.16. The van der Waals surface area contributed by atoms with Crippen LogP contribution < -0.4 is 0 Å². The highest BCUT2D eigenvalue weighted by molar-refractivity contribution is 5.24. The van der Waals surface area contributed by atoms with E-state index in [0.29, 0.717) is 11.7 Å². The number of allylic oxidation sites excluding steroid dienone is 3. The molecule has 0 saturated heterocycles. The van der Waals surface area contributed by atoms with Crippen LogP contribution in [0.1, 0.15) is 26.7 Å². The molecule has 0 unspecified atom stereocenters. The van der Waals surface area contributed by atoms with Crippen LogP contribution in [0.3, 0.4) is 0 Å². The summed E-state index contributed by atoms with van der Waals surface area (Å²) < 4.78 is 0. The van der Waals surface area contributed by atoms with Gasteiger partial charge in [-0.2, -0.15) is 0 Å². The zero-order valence-corrected chi connectivity index (χ0v) is 6.59. The Bertz CT molecular complexity index is 177. The van der Waals surface area contributed by atoms with Crippen LogP contribution in [0.5, 0.6) is 0 Å². The molecule has 1 heteroatoms. The molecule has 1 rings (SSSR count). The maximum absolute atomic E-state index is 9.27. The minimum atomic E-state index is 0.470. The lowest BCUT2D eigenvalue weighted by Gasteiger charge is -2.17. The third kappa shape index (κ3) is 1.23. The van der Waals surface area contributed by atoms with E-state index >= 15 is 0 Å². The molecule has 0 fully saturated rings. The van der Waals surface area contributed by atoms with Gasteiger partial charge in [0, 0.05) is 0 Å². The Morgan fingerprint density at radius 1 is 1.70 bits per heavy atom. The summed E-state index contributed by atoms with van der Waals surface area (Å²) in [5.74, 6) is 1.04. The second-order valence-corrected chi connectivity index (χ2v) is 2.81.